The van der Waals surface area contributed by atoms with Crippen LogP contribution in [0.1, 0.15) is 25.6 Å². The van der Waals surface area contributed by atoms with Crippen LogP contribution in [0.2, 0.25) is 0 Å². The van der Waals surface area contributed by atoms with Crippen LogP contribution in [-0.4, -0.2) is 29.0 Å². The normalized spacial score (nSPS) is 10.1. The quantitative estimate of drug-likeness (QED) is 0.854. The SMILES string of the molecule is COc1csc(C(=O)c2cccnc2)c1C(=O)O. The third kappa shape index (κ3) is 2.10. The molecule has 0 spiro atoms. The number of carboxylic acids is 1. The van der Waals surface area contributed by atoms with E-state index in [0.29, 0.717) is 5.56 Å². The van der Waals surface area contributed by atoms with Gasteiger partial charge in [0.2, 0.25) is 5.78 Å². The van der Waals surface area contributed by atoms with Crippen molar-refractivity contribution in [2.24, 2.45) is 0 Å². The first-order chi connectivity index (χ1) is 8.65. The van der Waals surface area contributed by atoms with Gasteiger partial charge in [0, 0.05) is 23.3 Å². The largest absolute Gasteiger partial charge is 0.495 e. The van der Waals surface area contributed by atoms with Crippen LogP contribution in [0.25, 0.3) is 0 Å². The smallest absolute Gasteiger partial charge is 0.341 e. The van der Waals surface area contributed by atoms with E-state index in [-0.39, 0.29) is 22.0 Å². The molecule has 0 unspecified atom stereocenters. The molecule has 0 radical (unpaired) electrons. The van der Waals surface area contributed by atoms with E-state index in [1.807, 2.05) is 0 Å². The average molecular weight is 263 g/mol. The van der Waals surface area contributed by atoms with Crippen molar-refractivity contribution in [2.45, 2.75) is 0 Å². The summed E-state index contributed by atoms with van der Waals surface area (Å²) >= 11 is 1.05. The van der Waals surface area contributed by atoms with Gasteiger partial charge in [0.25, 0.3) is 0 Å². The molecule has 0 aliphatic carbocycles. The fourth-order valence-electron chi connectivity index (χ4n) is 1.49. The first kappa shape index (κ1) is 12.3. The molecule has 0 saturated heterocycles. The summed E-state index contributed by atoms with van der Waals surface area (Å²) in [5.74, 6) is -1.35. The molecular formula is C12H9NO4S. The van der Waals surface area contributed by atoms with Gasteiger partial charge in [-0.05, 0) is 12.1 Å². The third-order valence-electron chi connectivity index (χ3n) is 2.32. The molecule has 2 aromatic heterocycles. The van der Waals surface area contributed by atoms with Gasteiger partial charge in [-0.2, -0.15) is 0 Å². The zero-order valence-electron chi connectivity index (χ0n) is 9.41. The Hall–Kier alpha value is -2.21. The Kier molecular flexibility index (Phi) is 3.38. The van der Waals surface area contributed by atoms with Crippen LogP contribution in [0.5, 0.6) is 5.75 Å². The summed E-state index contributed by atoms with van der Waals surface area (Å²) < 4.78 is 4.94. The Labute approximate surface area is 107 Å². The number of carbonyl (C=O) groups excluding carboxylic acids is 1. The van der Waals surface area contributed by atoms with Crippen molar-refractivity contribution >= 4 is 23.1 Å². The van der Waals surface area contributed by atoms with Gasteiger partial charge in [-0.3, -0.25) is 9.78 Å². The van der Waals surface area contributed by atoms with Crippen LogP contribution >= 0.6 is 11.3 Å². The number of methoxy groups -OCH3 is 1. The molecule has 18 heavy (non-hydrogen) atoms. The van der Waals surface area contributed by atoms with Crippen LogP contribution in [0.4, 0.5) is 0 Å². The van der Waals surface area contributed by atoms with Gasteiger partial charge in [-0.15, -0.1) is 11.3 Å². The van der Waals surface area contributed by atoms with E-state index in [2.05, 4.69) is 4.98 Å². The molecule has 0 amide bonds. The average Bonchev–Trinajstić information content (AvgIpc) is 2.82. The molecule has 0 aliphatic rings. The van der Waals surface area contributed by atoms with E-state index in [9.17, 15) is 9.59 Å². The summed E-state index contributed by atoms with van der Waals surface area (Å²) in [5.41, 5.74) is 0.251. The number of thiophene rings is 1. The maximum atomic E-state index is 12.2. The van der Waals surface area contributed by atoms with E-state index in [1.54, 1.807) is 18.3 Å². The summed E-state index contributed by atoms with van der Waals surface area (Å²) in [6.45, 7) is 0. The molecule has 6 heteroatoms. The second-order valence-corrected chi connectivity index (χ2v) is 4.26. The van der Waals surface area contributed by atoms with Crippen LogP contribution < -0.4 is 4.74 Å². The number of nitrogens with zero attached hydrogens (tertiary/aromatic N) is 1. The van der Waals surface area contributed by atoms with Crippen molar-refractivity contribution < 1.29 is 19.4 Å². The van der Waals surface area contributed by atoms with E-state index >= 15 is 0 Å². The number of hydrogen-bond donors (Lipinski definition) is 1. The fraction of sp³-hybridized carbons (Fsp3) is 0.0833. The zero-order chi connectivity index (χ0) is 13.1. The fourth-order valence-corrected chi connectivity index (χ4v) is 2.46. The maximum Gasteiger partial charge on any atom is 0.341 e. The number of hydrogen-bond acceptors (Lipinski definition) is 5. The highest BCUT2D eigenvalue weighted by Crippen LogP contribution is 2.30. The third-order valence-corrected chi connectivity index (χ3v) is 3.28. The van der Waals surface area contributed by atoms with Crippen molar-refractivity contribution in [3.8, 4) is 5.75 Å². The molecule has 0 aromatic carbocycles. The van der Waals surface area contributed by atoms with Gasteiger partial charge >= 0.3 is 5.97 Å². The lowest BCUT2D eigenvalue weighted by Crippen LogP contribution is -2.07. The Morgan fingerprint density at radius 3 is 2.78 bits per heavy atom. The number of carboxylic acid groups (broad SMARTS) is 1. The summed E-state index contributed by atoms with van der Waals surface area (Å²) in [7, 11) is 1.37. The number of carbonyl (C=O) groups is 2. The van der Waals surface area contributed by atoms with E-state index < -0.39 is 5.97 Å². The van der Waals surface area contributed by atoms with E-state index in [1.165, 1.54) is 18.7 Å². The number of aromatic carboxylic acids is 1. The van der Waals surface area contributed by atoms with Crippen molar-refractivity contribution in [1.29, 1.82) is 0 Å². The summed E-state index contributed by atoms with van der Waals surface area (Å²) in [5, 5.41) is 10.6. The first-order valence-electron chi connectivity index (χ1n) is 4.98. The molecule has 2 heterocycles. The number of aromatic nitrogens is 1. The van der Waals surface area contributed by atoms with Crippen LogP contribution in [0, 0.1) is 0 Å². The van der Waals surface area contributed by atoms with Crippen LogP contribution in [0.3, 0.4) is 0 Å². The second kappa shape index (κ2) is 4.97. The Morgan fingerprint density at radius 2 is 2.22 bits per heavy atom. The molecule has 5 nitrogen and oxygen atoms in total. The predicted octanol–water partition coefficient (Wildman–Crippen LogP) is 2.08. The lowest BCUT2D eigenvalue weighted by molar-refractivity contribution is 0.0690. The molecule has 0 bridgehead atoms. The van der Waals surface area contributed by atoms with Crippen molar-refractivity contribution in [3.63, 3.8) is 0 Å². The van der Waals surface area contributed by atoms with Gasteiger partial charge in [0.05, 0.1) is 12.0 Å². The van der Waals surface area contributed by atoms with Crippen molar-refractivity contribution in [2.75, 3.05) is 7.11 Å². The summed E-state index contributed by atoms with van der Waals surface area (Å²) in [6, 6.07) is 3.21. The lowest BCUT2D eigenvalue weighted by Gasteiger charge is -2.01. The van der Waals surface area contributed by atoms with E-state index in [0.717, 1.165) is 11.3 Å². The van der Waals surface area contributed by atoms with Crippen molar-refractivity contribution in [1.82, 2.24) is 4.98 Å². The molecule has 0 aliphatic heterocycles. The van der Waals surface area contributed by atoms with Crippen LogP contribution in [0.15, 0.2) is 29.9 Å². The lowest BCUT2D eigenvalue weighted by atomic mass is 10.1. The number of ketones is 1. The summed E-state index contributed by atoms with van der Waals surface area (Å²) in [4.78, 5) is 27.3. The number of ether oxygens (including phenoxy) is 1. The maximum absolute atomic E-state index is 12.2. The van der Waals surface area contributed by atoms with Crippen LogP contribution in [-0.2, 0) is 0 Å². The van der Waals surface area contributed by atoms with E-state index in [4.69, 9.17) is 9.84 Å². The molecule has 1 N–H and O–H groups in total. The Bertz CT molecular complexity index is 591. The minimum atomic E-state index is -1.18. The minimum Gasteiger partial charge on any atom is -0.495 e. The van der Waals surface area contributed by atoms with Crippen molar-refractivity contribution in [3.05, 3.63) is 45.9 Å². The highest BCUT2D eigenvalue weighted by molar-refractivity contribution is 7.13. The highest BCUT2D eigenvalue weighted by Gasteiger charge is 2.24. The molecule has 92 valence electrons. The first-order valence-corrected chi connectivity index (χ1v) is 5.86. The van der Waals surface area contributed by atoms with Gasteiger partial charge in [0.1, 0.15) is 11.3 Å². The minimum absolute atomic E-state index is 0.101. The monoisotopic (exact) mass is 263 g/mol. The number of pyridine rings is 1. The second-order valence-electron chi connectivity index (χ2n) is 3.38. The molecule has 2 rings (SSSR count). The van der Waals surface area contributed by atoms with Gasteiger partial charge < -0.3 is 9.84 Å². The Balaban J connectivity index is 2.49. The zero-order valence-corrected chi connectivity index (χ0v) is 10.2. The van der Waals surface area contributed by atoms with Gasteiger partial charge in [-0.1, -0.05) is 0 Å². The molecule has 0 saturated carbocycles. The molecular weight excluding hydrogens is 254 g/mol. The predicted molar refractivity (Wildman–Crippen MR) is 65.5 cm³/mol. The highest BCUT2D eigenvalue weighted by atomic mass is 32.1. The topological polar surface area (TPSA) is 76.5 Å². The molecule has 2 aromatic rings. The van der Waals surface area contributed by atoms with Gasteiger partial charge in [0.15, 0.2) is 0 Å². The molecule has 0 atom stereocenters. The van der Waals surface area contributed by atoms with Gasteiger partial charge in [-0.25, -0.2) is 4.79 Å². The Morgan fingerprint density at radius 1 is 1.44 bits per heavy atom. The number of rotatable bonds is 4. The standard InChI is InChI=1S/C12H9NO4S/c1-17-8-6-18-11(9(8)12(15)16)10(14)7-3-2-4-13-5-7/h2-6H,1H3,(H,15,16). The molecule has 0 fully saturated rings. The summed E-state index contributed by atoms with van der Waals surface area (Å²) in [6.07, 6.45) is 2.95.